The Morgan fingerprint density at radius 2 is 1.48 bits per heavy atom. The largest absolute Gasteiger partial charge is 0.465 e. The number of carbonyl (C=O) groups excluding carboxylic acids is 2. The number of ether oxygens (including phenoxy) is 2. The molecular weight excluding hydrogens is 388 g/mol. The summed E-state index contributed by atoms with van der Waals surface area (Å²) in [5.41, 5.74) is -0.522. The molecule has 164 valence electrons. The normalized spacial score (nSPS) is 11.3. The van der Waals surface area contributed by atoms with Gasteiger partial charge in [0.15, 0.2) is 5.41 Å². The van der Waals surface area contributed by atoms with Crippen LogP contribution >= 0.6 is 11.6 Å². The summed E-state index contributed by atoms with van der Waals surface area (Å²) in [6.07, 6.45) is 10.1. The summed E-state index contributed by atoms with van der Waals surface area (Å²) in [6.45, 7) is 8.01. The number of rotatable bonds is 14. The van der Waals surface area contributed by atoms with E-state index in [1.165, 1.54) is 32.1 Å². The van der Waals surface area contributed by atoms with Crippen molar-refractivity contribution in [2.45, 2.75) is 91.9 Å². The molecule has 0 fully saturated rings. The van der Waals surface area contributed by atoms with Crippen LogP contribution in [0.25, 0.3) is 0 Å². The van der Waals surface area contributed by atoms with Crippen LogP contribution in [0, 0.1) is 12.3 Å². The Bertz CT molecular complexity index is 638. The first-order valence-corrected chi connectivity index (χ1v) is 11.4. The second-order valence-corrected chi connectivity index (χ2v) is 8.14. The number of esters is 2. The highest BCUT2D eigenvalue weighted by Crippen LogP contribution is 2.32. The van der Waals surface area contributed by atoms with E-state index in [4.69, 9.17) is 21.1 Å². The molecule has 0 spiro atoms. The average molecular weight is 425 g/mol. The molecule has 29 heavy (non-hydrogen) atoms. The Hall–Kier alpha value is -1.55. The highest BCUT2D eigenvalue weighted by molar-refractivity contribution is 6.30. The van der Waals surface area contributed by atoms with Crippen LogP contribution in [0.2, 0.25) is 5.02 Å². The number of halogens is 1. The zero-order valence-corrected chi connectivity index (χ0v) is 19.3. The molecule has 0 radical (unpaired) electrons. The smallest absolute Gasteiger partial charge is 0.328 e. The minimum absolute atomic E-state index is 0.339. The van der Waals surface area contributed by atoms with E-state index in [-0.39, 0.29) is 0 Å². The van der Waals surface area contributed by atoms with Crippen molar-refractivity contribution in [2.24, 2.45) is 5.41 Å². The number of hydrogen-bond donors (Lipinski definition) is 0. The molecule has 4 nitrogen and oxygen atoms in total. The van der Waals surface area contributed by atoms with Gasteiger partial charge < -0.3 is 9.47 Å². The molecule has 0 bridgehead atoms. The van der Waals surface area contributed by atoms with E-state index in [1.54, 1.807) is 18.2 Å². The summed E-state index contributed by atoms with van der Waals surface area (Å²) in [5, 5.41) is 0.573. The first-order valence-electron chi connectivity index (χ1n) is 11.1. The Kier molecular flexibility index (Phi) is 12.0. The van der Waals surface area contributed by atoms with Crippen molar-refractivity contribution in [3.05, 3.63) is 28.8 Å². The maximum atomic E-state index is 12.9. The van der Waals surface area contributed by atoms with Crippen molar-refractivity contribution in [1.29, 1.82) is 0 Å². The summed E-state index contributed by atoms with van der Waals surface area (Å²) in [7, 11) is 0. The van der Waals surface area contributed by atoms with Gasteiger partial charge in [0.2, 0.25) is 0 Å². The third-order valence-corrected chi connectivity index (χ3v) is 5.79. The fourth-order valence-corrected chi connectivity index (χ4v) is 3.60. The van der Waals surface area contributed by atoms with E-state index in [9.17, 15) is 9.59 Å². The Balaban J connectivity index is 2.53. The molecule has 5 heteroatoms. The van der Waals surface area contributed by atoms with Crippen molar-refractivity contribution in [1.82, 2.24) is 0 Å². The zero-order chi connectivity index (χ0) is 21.7. The maximum Gasteiger partial charge on any atom is 0.328 e. The van der Waals surface area contributed by atoms with E-state index in [0.29, 0.717) is 30.2 Å². The van der Waals surface area contributed by atoms with Gasteiger partial charge in [-0.15, -0.1) is 0 Å². The number of unbranched alkanes of at least 4 members (excludes halogenated alkanes) is 7. The molecule has 0 N–H and O–H groups in total. The molecular formula is C24H37ClO4. The van der Waals surface area contributed by atoms with E-state index in [2.05, 4.69) is 6.92 Å². The van der Waals surface area contributed by atoms with Crippen LogP contribution in [0.3, 0.4) is 0 Å². The van der Waals surface area contributed by atoms with Gasteiger partial charge in [0, 0.05) is 5.02 Å². The lowest BCUT2D eigenvalue weighted by Gasteiger charge is -2.27. The van der Waals surface area contributed by atoms with E-state index in [1.807, 2.05) is 20.8 Å². The van der Waals surface area contributed by atoms with Gasteiger partial charge in [0.05, 0.1) is 6.61 Å². The van der Waals surface area contributed by atoms with Crippen molar-refractivity contribution >= 4 is 23.5 Å². The van der Waals surface area contributed by atoms with Gasteiger partial charge in [0.25, 0.3) is 0 Å². The molecule has 0 heterocycles. The Labute approximate surface area is 181 Å². The number of benzene rings is 1. The molecule has 0 atom stereocenters. The Morgan fingerprint density at radius 3 is 2.03 bits per heavy atom. The monoisotopic (exact) mass is 424 g/mol. The van der Waals surface area contributed by atoms with Crippen molar-refractivity contribution < 1.29 is 19.1 Å². The van der Waals surface area contributed by atoms with Crippen LogP contribution in [-0.2, 0) is 14.3 Å². The lowest BCUT2D eigenvalue weighted by atomic mass is 9.82. The van der Waals surface area contributed by atoms with Crippen LogP contribution in [0.4, 0.5) is 0 Å². The number of carbonyl (C=O) groups is 2. The molecule has 0 amide bonds. The van der Waals surface area contributed by atoms with Gasteiger partial charge in [-0.05, 0) is 49.9 Å². The minimum atomic E-state index is -1.27. The number of aryl methyl sites for hydroxylation is 1. The topological polar surface area (TPSA) is 52.6 Å². The first kappa shape index (κ1) is 25.5. The second kappa shape index (κ2) is 13.6. The van der Waals surface area contributed by atoms with Crippen molar-refractivity contribution in [3.8, 4) is 5.75 Å². The molecule has 0 aliphatic rings. The lowest BCUT2D eigenvalue weighted by molar-refractivity contribution is -0.168. The van der Waals surface area contributed by atoms with Crippen molar-refractivity contribution in [2.75, 3.05) is 6.61 Å². The van der Waals surface area contributed by atoms with Crippen LogP contribution in [0.1, 0.15) is 90.5 Å². The summed E-state index contributed by atoms with van der Waals surface area (Å²) in [5.74, 6) is -0.627. The van der Waals surface area contributed by atoms with Crippen LogP contribution in [-0.4, -0.2) is 18.5 Å². The first-order chi connectivity index (χ1) is 13.9. The van der Waals surface area contributed by atoms with Gasteiger partial charge in [-0.2, -0.15) is 0 Å². The number of hydrogen-bond acceptors (Lipinski definition) is 4. The Morgan fingerprint density at radius 1 is 0.897 bits per heavy atom. The molecule has 0 unspecified atom stereocenters. The predicted molar refractivity (Wildman–Crippen MR) is 118 cm³/mol. The van der Waals surface area contributed by atoms with Gasteiger partial charge in [-0.1, -0.05) is 77.3 Å². The third-order valence-electron chi connectivity index (χ3n) is 5.56. The molecule has 1 rings (SSSR count). The fraction of sp³-hybridized carbons (Fsp3) is 0.667. The maximum absolute atomic E-state index is 12.9. The van der Waals surface area contributed by atoms with E-state index in [0.717, 1.165) is 24.8 Å². The molecule has 0 saturated carbocycles. The van der Waals surface area contributed by atoms with Gasteiger partial charge in [-0.3, -0.25) is 9.59 Å². The average Bonchev–Trinajstić information content (AvgIpc) is 2.70. The van der Waals surface area contributed by atoms with E-state index >= 15 is 0 Å². The highest BCUT2D eigenvalue weighted by Gasteiger charge is 2.46. The van der Waals surface area contributed by atoms with E-state index < -0.39 is 17.4 Å². The second-order valence-electron chi connectivity index (χ2n) is 7.70. The summed E-state index contributed by atoms with van der Waals surface area (Å²) < 4.78 is 11.0. The van der Waals surface area contributed by atoms with Crippen LogP contribution < -0.4 is 4.74 Å². The van der Waals surface area contributed by atoms with Crippen LogP contribution in [0.15, 0.2) is 18.2 Å². The minimum Gasteiger partial charge on any atom is -0.465 e. The zero-order valence-electron chi connectivity index (χ0n) is 18.5. The molecule has 0 aromatic heterocycles. The molecule has 1 aromatic rings. The summed E-state index contributed by atoms with van der Waals surface area (Å²) >= 11 is 5.96. The SMILES string of the molecule is CCCCCCCCCCOC(=O)C(CC)(CC)C(=O)Oc1ccc(Cl)cc1C. The molecule has 0 aliphatic heterocycles. The lowest BCUT2D eigenvalue weighted by Crippen LogP contribution is -2.42. The standard InChI is InChI=1S/C24H37ClO4/c1-5-8-9-10-11-12-13-14-17-28-22(26)24(6-2,7-3)23(27)29-21-16-15-20(25)18-19(21)4/h15-16,18H,5-14,17H2,1-4H3. The third kappa shape index (κ3) is 8.00. The molecule has 0 saturated heterocycles. The van der Waals surface area contributed by atoms with Crippen molar-refractivity contribution in [3.63, 3.8) is 0 Å². The van der Waals surface area contributed by atoms with Gasteiger partial charge >= 0.3 is 11.9 Å². The molecule has 1 aromatic carbocycles. The molecule has 0 aliphatic carbocycles. The predicted octanol–water partition coefficient (Wildman–Crippen LogP) is 7.04. The van der Waals surface area contributed by atoms with Gasteiger partial charge in [0.1, 0.15) is 5.75 Å². The quantitative estimate of drug-likeness (QED) is 0.139. The van der Waals surface area contributed by atoms with Crippen LogP contribution in [0.5, 0.6) is 5.75 Å². The summed E-state index contributed by atoms with van der Waals surface area (Å²) in [6, 6.07) is 5.04. The summed E-state index contributed by atoms with van der Waals surface area (Å²) in [4.78, 5) is 25.6. The fourth-order valence-electron chi connectivity index (χ4n) is 3.37. The van der Waals surface area contributed by atoms with Gasteiger partial charge in [-0.25, -0.2) is 0 Å². The highest BCUT2D eigenvalue weighted by atomic mass is 35.5.